The van der Waals surface area contributed by atoms with Crippen molar-refractivity contribution in [1.82, 2.24) is 35.8 Å². The maximum atomic E-state index is 13.3. The number of nitrogen functional groups attached to an aromatic ring is 1. The van der Waals surface area contributed by atoms with Gasteiger partial charge in [0.1, 0.15) is 12.4 Å². The molecular weight excluding hydrogens is 524 g/mol. The van der Waals surface area contributed by atoms with Gasteiger partial charge >= 0.3 is 0 Å². The molecule has 2 aromatic heterocycles. The first-order valence-electron chi connectivity index (χ1n) is 11.8. The number of halogens is 1. The smallest absolute Gasteiger partial charge is 0.251 e. The van der Waals surface area contributed by atoms with E-state index in [4.69, 9.17) is 17.3 Å². The molecule has 0 aliphatic carbocycles. The van der Waals surface area contributed by atoms with Gasteiger partial charge in [0, 0.05) is 23.6 Å². The molecule has 0 aliphatic rings. The Morgan fingerprint density at radius 2 is 1.92 bits per heavy atom. The first-order valence-corrected chi connectivity index (χ1v) is 13.0. The predicted molar refractivity (Wildman–Crippen MR) is 146 cm³/mol. The standard InChI is InChI=1S/C26H23ClN8O2S/c27-19-7-9-22(35-15-30-33-34-35)17(13-19)10-11-29-25(37)21(12-16-4-2-1-3-5-16)31-24(36)18-6-8-20-23(14-18)38-26(28)32-20/h1-9,13-15,21H,10-12H2,(H2,28,32)(H,29,37)(H,31,36)/t21-/m0/s1. The van der Waals surface area contributed by atoms with Crippen LogP contribution in [0.25, 0.3) is 15.9 Å². The average molecular weight is 547 g/mol. The zero-order valence-electron chi connectivity index (χ0n) is 20.0. The Bertz CT molecular complexity index is 1570. The molecule has 5 aromatic rings. The fraction of sp³-hybridized carbons (Fsp3) is 0.154. The molecule has 2 amide bonds. The maximum Gasteiger partial charge on any atom is 0.251 e. The first kappa shape index (κ1) is 25.3. The van der Waals surface area contributed by atoms with Crippen molar-refractivity contribution in [2.75, 3.05) is 12.3 Å². The quantitative estimate of drug-likeness (QED) is 0.258. The highest BCUT2D eigenvalue weighted by atomic mass is 35.5. The number of tetrazole rings is 1. The molecule has 0 radical (unpaired) electrons. The normalized spacial score (nSPS) is 11.8. The second-order valence-corrected chi connectivity index (χ2v) is 10.0. The Morgan fingerprint density at radius 1 is 1.08 bits per heavy atom. The molecule has 12 heteroatoms. The van der Waals surface area contributed by atoms with E-state index in [0.717, 1.165) is 27.0 Å². The summed E-state index contributed by atoms with van der Waals surface area (Å²) >= 11 is 7.51. The summed E-state index contributed by atoms with van der Waals surface area (Å²) in [6.45, 7) is 0.321. The van der Waals surface area contributed by atoms with Gasteiger partial charge in [-0.1, -0.05) is 53.3 Å². The summed E-state index contributed by atoms with van der Waals surface area (Å²) in [5, 5.41) is 18.2. The number of aromatic nitrogens is 5. The van der Waals surface area contributed by atoms with Gasteiger partial charge in [0.2, 0.25) is 5.91 Å². The zero-order valence-corrected chi connectivity index (χ0v) is 21.6. The average Bonchev–Trinajstić information content (AvgIpc) is 3.57. The van der Waals surface area contributed by atoms with Gasteiger partial charge < -0.3 is 16.4 Å². The summed E-state index contributed by atoms with van der Waals surface area (Å²) in [4.78, 5) is 30.6. The fourth-order valence-electron chi connectivity index (χ4n) is 4.08. The van der Waals surface area contributed by atoms with Gasteiger partial charge in [-0.15, -0.1) is 5.10 Å². The van der Waals surface area contributed by atoms with E-state index >= 15 is 0 Å². The molecule has 0 saturated carbocycles. The number of rotatable bonds is 9. The lowest BCUT2D eigenvalue weighted by atomic mass is 10.0. The van der Waals surface area contributed by atoms with Crippen molar-refractivity contribution < 1.29 is 9.59 Å². The second-order valence-electron chi connectivity index (χ2n) is 8.52. The van der Waals surface area contributed by atoms with E-state index in [1.54, 1.807) is 28.9 Å². The van der Waals surface area contributed by atoms with Crippen LogP contribution in [0.3, 0.4) is 0 Å². The Morgan fingerprint density at radius 3 is 2.71 bits per heavy atom. The van der Waals surface area contributed by atoms with Crippen molar-refractivity contribution in [1.29, 1.82) is 0 Å². The molecule has 1 atom stereocenters. The van der Waals surface area contributed by atoms with Crippen LogP contribution in [0.2, 0.25) is 5.02 Å². The van der Waals surface area contributed by atoms with E-state index in [1.807, 2.05) is 42.5 Å². The molecular formula is C26H23ClN8O2S. The van der Waals surface area contributed by atoms with Crippen molar-refractivity contribution in [2.45, 2.75) is 18.9 Å². The number of nitrogens with zero attached hydrogens (tertiary/aromatic N) is 5. The molecule has 0 aliphatic heterocycles. The van der Waals surface area contributed by atoms with Crippen LogP contribution in [-0.4, -0.2) is 49.6 Å². The Balaban J connectivity index is 1.30. The molecule has 0 unspecified atom stereocenters. The number of nitrogens with one attached hydrogen (secondary N) is 2. The second kappa shape index (κ2) is 11.4. The van der Waals surface area contributed by atoms with Crippen molar-refractivity contribution in [3.05, 3.63) is 94.8 Å². The van der Waals surface area contributed by atoms with E-state index in [0.29, 0.717) is 35.1 Å². The fourth-order valence-corrected chi connectivity index (χ4v) is 5.05. The van der Waals surface area contributed by atoms with Crippen molar-refractivity contribution in [3.8, 4) is 5.69 Å². The van der Waals surface area contributed by atoms with E-state index < -0.39 is 6.04 Å². The minimum Gasteiger partial charge on any atom is -0.375 e. The van der Waals surface area contributed by atoms with Crippen LogP contribution in [0.15, 0.2) is 73.1 Å². The van der Waals surface area contributed by atoms with E-state index in [-0.39, 0.29) is 11.8 Å². The van der Waals surface area contributed by atoms with Crippen LogP contribution in [0.5, 0.6) is 0 Å². The van der Waals surface area contributed by atoms with Crippen molar-refractivity contribution in [3.63, 3.8) is 0 Å². The van der Waals surface area contributed by atoms with Gasteiger partial charge in [0.05, 0.1) is 15.9 Å². The third-order valence-electron chi connectivity index (χ3n) is 5.90. The minimum absolute atomic E-state index is 0.295. The molecule has 0 saturated heterocycles. The lowest BCUT2D eigenvalue weighted by Crippen LogP contribution is -2.48. The molecule has 0 fully saturated rings. The van der Waals surface area contributed by atoms with Crippen LogP contribution >= 0.6 is 22.9 Å². The molecule has 10 nitrogen and oxygen atoms in total. The van der Waals surface area contributed by atoms with Gasteiger partial charge in [-0.05, 0) is 64.4 Å². The number of amides is 2. The number of nitrogens with two attached hydrogens (primary N) is 1. The van der Waals surface area contributed by atoms with Crippen molar-refractivity contribution >= 4 is 50.1 Å². The van der Waals surface area contributed by atoms with Gasteiger partial charge in [-0.25, -0.2) is 9.67 Å². The third-order valence-corrected chi connectivity index (χ3v) is 6.99. The number of anilines is 1. The zero-order chi connectivity index (χ0) is 26.5. The SMILES string of the molecule is Nc1nc2ccc(C(=O)N[C@@H](Cc3ccccc3)C(=O)NCCc3cc(Cl)ccc3-n3cnnn3)cc2s1. The van der Waals surface area contributed by atoms with E-state index in [2.05, 4.69) is 31.1 Å². The Kier molecular flexibility index (Phi) is 7.57. The summed E-state index contributed by atoms with van der Waals surface area (Å²) < 4.78 is 2.35. The molecule has 0 bridgehead atoms. The maximum absolute atomic E-state index is 13.3. The molecule has 3 aromatic carbocycles. The summed E-state index contributed by atoms with van der Waals surface area (Å²) in [5.41, 5.74) is 9.50. The lowest BCUT2D eigenvalue weighted by molar-refractivity contribution is -0.122. The molecule has 0 spiro atoms. The molecule has 192 valence electrons. The van der Waals surface area contributed by atoms with Crippen molar-refractivity contribution in [2.24, 2.45) is 0 Å². The summed E-state index contributed by atoms with van der Waals surface area (Å²) in [6, 6.07) is 19.3. The highest BCUT2D eigenvalue weighted by Gasteiger charge is 2.22. The van der Waals surface area contributed by atoms with Gasteiger partial charge in [0.25, 0.3) is 5.91 Å². The number of carbonyl (C=O) groups excluding carboxylic acids is 2. The van der Waals surface area contributed by atoms with Crippen LogP contribution in [0.4, 0.5) is 5.13 Å². The van der Waals surface area contributed by atoms with Crippen LogP contribution in [0.1, 0.15) is 21.5 Å². The highest BCUT2D eigenvalue weighted by molar-refractivity contribution is 7.22. The molecule has 5 rings (SSSR count). The van der Waals surface area contributed by atoms with E-state index in [1.165, 1.54) is 17.7 Å². The van der Waals surface area contributed by atoms with E-state index in [9.17, 15) is 9.59 Å². The number of benzene rings is 3. The largest absolute Gasteiger partial charge is 0.375 e. The van der Waals surface area contributed by atoms with Crippen LogP contribution in [-0.2, 0) is 17.6 Å². The molecule has 2 heterocycles. The topological polar surface area (TPSA) is 141 Å². The lowest BCUT2D eigenvalue weighted by Gasteiger charge is -2.19. The summed E-state index contributed by atoms with van der Waals surface area (Å²) in [6.07, 6.45) is 2.31. The number of carbonyl (C=O) groups is 2. The number of hydrogen-bond acceptors (Lipinski definition) is 8. The molecule has 38 heavy (non-hydrogen) atoms. The van der Waals surface area contributed by atoms with Crippen LogP contribution < -0.4 is 16.4 Å². The van der Waals surface area contributed by atoms with Gasteiger partial charge in [-0.2, -0.15) is 0 Å². The number of hydrogen-bond donors (Lipinski definition) is 3. The monoisotopic (exact) mass is 546 g/mol. The van der Waals surface area contributed by atoms with Gasteiger partial charge in [-0.3, -0.25) is 9.59 Å². The third kappa shape index (κ3) is 5.96. The Labute approximate surface area is 226 Å². The first-order chi connectivity index (χ1) is 18.5. The summed E-state index contributed by atoms with van der Waals surface area (Å²) in [5.74, 6) is -0.651. The number of fused-ring (bicyclic) bond motifs is 1. The number of thiazole rings is 1. The predicted octanol–water partition coefficient (Wildman–Crippen LogP) is 3.21. The Hall–Kier alpha value is -4.35. The van der Waals surface area contributed by atoms with Gasteiger partial charge in [0.15, 0.2) is 5.13 Å². The minimum atomic E-state index is -0.787. The molecule has 4 N–H and O–H groups in total. The summed E-state index contributed by atoms with van der Waals surface area (Å²) in [7, 11) is 0. The van der Waals surface area contributed by atoms with Crippen LogP contribution in [0, 0.1) is 0 Å². The highest BCUT2D eigenvalue weighted by Crippen LogP contribution is 2.24.